The van der Waals surface area contributed by atoms with Crippen LogP contribution < -0.4 is 5.32 Å². The van der Waals surface area contributed by atoms with E-state index in [0.717, 1.165) is 52.1 Å². The number of nitrogens with zero attached hydrogens (tertiary/aromatic N) is 3. The number of thiophene rings is 1. The summed E-state index contributed by atoms with van der Waals surface area (Å²) in [6.07, 6.45) is 2.28. The fourth-order valence-corrected chi connectivity index (χ4v) is 5.48. The van der Waals surface area contributed by atoms with E-state index < -0.39 is 0 Å². The summed E-state index contributed by atoms with van der Waals surface area (Å²) in [6.45, 7) is 9.74. The van der Waals surface area contributed by atoms with E-state index in [1.165, 1.54) is 11.8 Å². The predicted octanol–water partition coefficient (Wildman–Crippen LogP) is 5.74. The maximum atomic E-state index is 13.1. The van der Waals surface area contributed by atoms with Gasteiger partial charge in [0.2, 0.25) is 5.91 Å². The Morgan fingerprint density at radius 3 is 2.81 bits per heavy atom. The van der Waals surface area contributed by atoms with Gasteiger partial charge >= 0.3 is 0 Å². The summed E-state index contributed by atoms with van der Waals surface area (Å²) in [5.74, 6) is 1.14. The van der Waals surface area contributed by atoms with Crippen LogP contribution in [-0.2, 0) is 16.1 Å². The van der Waals surface area contributed by atoms with Crippen LogP contribution in [0.25, 0.3) is 10.7 Å². The third kappa shape index (κ3) is 5.08. The van der Waals surface area contributed by atoms with E-state index in [0.29, 0.717) is 12.5 Å². The lowest BCUT2D eigenvalue weighted by molar-refractivity contribution is -0.115. The molecule has 0 radical (unpaired) electrons. The zero-order valence-corrected chi connectivity index (χ0v) is 20.6. The molecule has 1 aliphatic rings. The molecule has 2 unspecified atom stereocenters. The lowest BCUT2D eigenvalue weighted by atomic mass is 9.98. The van der Waals surface area contributed by atoms with E-state index in [1.807, 2.05) is 37.4 Å². The minimum absolute atomic E-state index is 0.0319. The quantitative estimate of drug-likeness (QED) is 0.425. The first-order chi connectivity index (χ1) is 15.4. The molecule has 1 saturated heterocycles. The Hall–Kier alpha value is -2.16. The molecule has 2 aromatic heterocycles. The number of aryl methyl sites for hydroxylation is 1. The Labute approximate surface area is 197 Å². The van der Waals surface area contributed by atoms with Crippen LogP contribution in [0.15, 0.2) is 40.9 Å². The van der Waals surface area contributed by atoms with Crippen LogP contribution in [0.4, 0.5) is 5.69 Å². The predicted molar refractivity (Wildman–Crippen MR) is 132 cm³/mol. The molecule has 1 N–H and O–H groups in total. The maximum absolute atomic E-state index is 13.1. The molecular formula is C24H30N4O2S2. The molecule has 2 atom stereocenters. The van der Waals surface area contributed by atoms with Crippen molar-refractivity contribution in [1.82, 2.24) is 14.8 Å². The summed E-state index contributed by atoms with van der Waals surface area (Å²) in [5.41, 5.74) is 3.14. The molecule has 3 heterocycles. The summed E-state index contributed by atoms with van der Waals surface area (Å²) >= 11 is 3.09. The largest absolute Gasteiger partial charge is 0.376 e. The number of carbonyl (C=O) groups excluding carboxylic acids is 1. The molecule has 6 nitrogen and oxygen atoms in total. The molecular weight excluding hydrogens is 440 g/mol. The number of rotatable bonds is 8. The van der Waals surface area contributed by atoms with Crippen LogP contribution in [0.2, 0.25) is 0 Å². The van der Waals surface area contributed by atoms with Gasteiger partial charge in [-0.25, -0.2) is 0 Å². The van der Waals surface area contributed by atoms with Crippen molar-refractivity contribution in [3.05, 3.63) is 46.8 Å². The van der Waals surface area contributed by atoms with Gasteiger partial charge in [-0.2, -0.15) is 0 Å². The number of ether oxygens (including phenoxy) is 1. The Morgan fingerprint density at radius 1 is 1.28 bits per heavy atom. The van der Waals surface area contributed by atoms with Crippen LogP contribution in [0.1, 0.15) is 50.7 Å². The van der Waals surface area contributed by atoms with Crippen molar-refractivity contribution in [2.75, 3.05) is 11.9 Å². The van der Waals surface area contributed by atoms with E-state index in [2.05, 4.69) is 46.1 Å². The average molecular weight is 471 g/mol. The van der Waals surface area contributed by atoms with Crippen LogP contribution in [0.5, 0.6) is 0 Å². The van der Waals surface area contributed by atoms with Crippen LogP contribution >= 0.6 is 23.1 Å². The van der Waals surface area contributed by atoms with Crippen molar-refractivity contribution in [3.8, 4) is 10.7 Å². The molecule has 170 valence electrons. The molecule has 0 spiro atoms. The molecule has 8 heteroatoms. The second-order valence-electron chi connectivity index (χ2n) is 8.47. The molecule has 4 rings (SSSR count). The van der Waals surface area contributed by atoms with Crippen LogP contribution in [0.3, 0.4) is 0 Å². The van der Waals surface area contributed by atoms with Gasteiger partial charge < -0.3 is 10.1 Å². The van der Waals surface area contributed by atoms with E-state index in [4.69, 9.17) is 4.74 Å². The highest BCUT2D eigenvalue weighted by Gasteiger charge is 2.25. The summed E-state index contributed by atoms with van der Waals surface area (Å²) < 4.78 is 7.99. The molecule has 0 bridgehead atoms. The number of benzene rings is 1. The minimum atomic E-state index is -0.321. The SMILES string of the molecule is Cc1cccc(C(C)C)c1NC(=O)C(C)Sc1nnc(-c2cccs2)n1CC1CCCO1. The Morgan fingerprint density at radius 2 is 2.12 bits per heavy atom. The van der Waals surface area contributed by atoms with Crippen LogP contribution in [-0.4, -0.2) is 38.6 Å². The van der Waals surface area contributed by atoms with Gasteiger partial charge in [-0.1, -0.05) is 49.9 Å². The first-order valence-electron chi connectivity index (χ1n) is 11.1. The fourth-order valence-electron chi connectivity index (χ4n) is 3.90. The highest BCUT2D eigenvalue weighted by molar-refractivity contribution is 8.00. The Kier molecular flexibility index (Phi) is 7.33. The highest BCUT2D eigenvalue weighted by Crippen LogP contribution is 2.32. The van der Waals surface area contributed by atoms with Crippen molar-refractivity contribution in [1.29, 1.82) is 0 Å². The Balaban J connectivity index is 1.54. The molecule has 1 aliphatic heterocycles. The zero-order chi connectivity index (χ0) is 22.7. The van der Waals surface area contributed by atoms with E-state index in [9.17, 15) is 4.79 Å². The van der Waals surface area contributed by atoms with Gasteiger partial charge in [-0.05, 0) is 55.2 Å². The molecule has 1 amide bonds. The lowest BCUT2D eigenvalue weighted by Crippen LogP contribution is -2.25. The second-order valence-corrected chi connectivity index (χ2v) is 10.7. The van der Waals surface area contributed by atoms with Crippen molar-refractivity contribution in [3.63, 3.8) is 0 Å². The average Bonchev–Trinajstić information content (AvgIpc) is 3.52. The topological polar surface area (TPSA) is 69.0 Å². The second kappa shape index (κ2) is 10.2. The van der Waals surface area contributed by atoms with Gasteiger partial charge in [0.25, 0.3) is 0 Å². The number of aromatic nitrogens is 3. The third-order valence-corrected chi connectivity index (χ3v) is 7.64. The van der Waals surface area contributed by atoms with Crippen molar-refractivity contribution in [2.45, 2.75) is 69.5 Å². The Bertz CT molecular complexity index is 1060. The van der Waals surface area contributed by atoms with E-state index >= 15 is 0 Å². The standard InChI is InChI=1S/C24H30N4O2S2/c1-15(2)19-10-5-8-16(3)21(19)25-23(29)17(4)32-24-27-26-22(20-11-7-13-31-20)28(24)14-18-9-6-12-30-18/h5,7-8,10-11,13,15,17-18H,6,9,12,14H2,1-4H3,(H,25,29). The monoisotopic (exact) mass is 470 g/mol. The van der Waals surface area contributed by atoms with Crippen molar-refractivity contribution >= 4 is 34.7 Å². The normalized spacial score (nSPS) is 17.1. The number of hydrogen-bond acceptors (Lipinski definition) is 6. The van der Waals surface area contributed by atoms with Crippen LogP contribution in [0, 0.1) is 6.92 Å². The number of amides is 1. The minimum Gasteiger partial charge on any atom is -0.376 e. The van der Waals surface area contributed by atoms with Gasteiger partial charge in [0.1, 0.15) is 0 Å². The number of anilines is 1. The fraction of sp³-hybridized carbons (Fsp3) is 0.458. The van der Waals surface area contributed by atoms with E-state index in [-0.39, 0.29) is 17.3 Å². The van der Waals surface area contributed by atoms with Gasteiger partial charge in [0.15, 0.2) is 11.0 Å². The van der Waals surface area contributed by atoms with E-state index in [1.54, 1.807) is 11.3 Å². The smallest absolute Gasteiger partial charge is 0.237 e. The van der Waals surface area contributed by atoms with Gasteiger partial charge in [-0.3, -0.25) is 9.36 Å². The summed E-state index contributed by atoms with van der Waals surface area (Å²) in [7, 11) is 0. The zero-order valence-electron chi connectivity index (χ0n) is 19.0. The maximum Gasteiger partial charge on any atom is 0.237 e. The molecule has 32 heavy (non-hydrogen) atoms. The number of hydrogen-bond donors (Lipinski definition) is 1. The summed E-state index contributed by atoms with van der Waals surface area (Å²) in [5, 5.41) is 14.6. The molecule has 3 aromatic rings. The van der Waals surface area contributed by atoms with Gasteiger partial charge in [-0.15, -0.1) is 21.5 Å². The third-order valence-electron chi connectivity index (χ3n) is 5.70. The van der Waals surface area contributed by atoms with Gasteiger partial charge in [0, 0.05) is 12.3 Å². The number of thioether (sulfide) groups is 1. The van der Waals surface area contributed by atoms with Gasteiger partial charge in [0.05, 0.1) is 22.8 Å². The molecule has 1 fully saturated rings. The highest BCUT2D eigenvalue weighted by atomic mass is 32.2. The summed E-state index contributed by atoms with van der Waals surface area (Å²) in [6, 6.07) is 10.2. The molecule has 0 saturated carbocycles. The number of para-hydroxylation sites is 1. The number of nitrogens with one attached hydrogen (secondary N) is 1. The summed E-state index contributed by atoms with van der Waals surface area (Å²) in [4.78, 5) is 14.2. The first kappa shape index (κ1) is 23.0. The first-order valence-corrected chi connectivity index (χ1v) is 12.9. The van der Waals surface area contributed by atoms with Crippen molar-refractivity contribution < 1.29 is 9.53 Å². The number of carbonyl (C=O) groups is 1. The lowest BCUT2D eigenvalue weighted by Gasteiger charge is -2.19. The van der Waals surface area contributed by atoms with Crippen molar-refractivity contribution in [2.24, 2.45) is 0 Å². The molecule has 0 aliphatic carbocycles. The molecule has 1 aromatic carbocycles.